The van der Waals surface area contributed by atoms with E-state index in [1.54, 1.807) is 13.8 Å². The Labute approximate surface area is 88.6 Å². The monoisotopic (exact) mass is 238 g/mol. The molecule has 15 heavy (non-hydrogen) atoms. The van der Waals surface area contributed by atoms with Crippen LogP contribution in [0.5, 0.6) is 0 Å². The molecule has 88 valence electrons. The summed E-state index contributed by atoms with van der Waals surface area (Å²) in [4.78, 5) is 14.2. The van der Waals surface area contributed by atoms with E-state index in [1.165, 1.54) is 19.0 Å². The SMILES string of the molecule is CN1C(=O)C(C)(C)N(C)C1OS(=O)(=O)O. The van der Waals surface area contributed by atoms with Crippen LogP contribution in [-0.4, -0.2) is 54.7 Å². The van der Waals surface area contributed by atoms with Crippen molar-refractivity contribution in [3.63, 3.8) is 0 Å². The van der Waals surface area contributed by atoms with E-state index in [-0.39, 0.29) is 5.91 Å². The second-order valence-corrected chi connectivity index (χ2v) is 4.98. The molecule has 7 nitrogen and oxygen atoms in total. The van der Waals surface area contributed by atoms with Crippen LogP contribution in [0.25, 0.3) is 0 Å². The molecule has 0 radical (unpaired) electrons. The lowest BCUT2D eigenvalue weighted by atomic mass is 10.1. The number of rotatable bonds is 2. The number of hydrogen-bond donors (Lipinski definition) is 1. The van der Waals surface area contributed by atoms with Crippen molar-refractivity contribution in [2.24, 2.45) is 0 Å². The molecule has 8 heteroatoms. The first-order valence-electron chi connectivity index (χ1n) is 4.23. The van der Waals surface area contributed by atoms with Gasteiger partial charge in [0.05, 0.1) is 5.54 Å². The van der Waals surface area contributed by atoms with Gasteiger partial charge in [0.1, 0.15) is 0 Å². The predicted octanol–water partition coefficient (Wildman–Crippen LogP) is -0.728. The maximum Gasteiger partial charge on any atom is 0.400 e. The minimum Gasteiger partial charge on any atom is -0.304 e. The van der Waals surface area contributed by atoms with Crippen molar-refractivity contribution in [3.05, 3.63) is 0 Å². The molecule has 1 atom stereocenters. The smallest absolute Gasteiger partial charge is 0.304 e. The molecule has 0 aromatic rings. The maximum absolute atomic E-state index is 11.7. The zero-order valence-electron chi connectivity index (χ0n) is 8.96. The van der Waals surface area contributed by atoms with Crippen molar-refractivity contribution in [3.8, 4) is 0 Å². The standard InChI is InChI=1S/C7H14N2O5S/c1-7(2)5(10)8(3)6(9(7)4)14-15(11,12)13/h6H,1-4H3,(H,11,12,13). The van der Waals surface area contributed by atoms with Gasteiger partial charge in [-0.3, -0.25) is 9.35 Å². The van der Waals surface area contributed by atoms with Crippen LogP contribution in [0, 0.1) is 0 Å². The van der Waals surface area contributed by atoms with Gasteiger partial charge in [-0.15, -0.1) is 0 Å². The predicted molar refractivity (Wildman–Crippen MR) is 51.0 cm³/mol. The molecule has 1 unspecified atom stereocenters. The second kappa shape index (κ2) is 3.41. The first-order valence-corrected chi connectivity index (χ1v) is 5.60. The van der Waals surface area contributed by atoms with Crippen molar-refractivity contribution in [2.45, 2.75) is 25.7 Å². The van der Waals surface area contributed by atoms with Gasteiger partial charge in [-0.1, -0.05) is 0 Å². The van der Waals surface area contributed by atoms with Gasteiger partial charge in [-0.05, 0) is 20.9 Å². The third kappa shape index (κ3) is 2.12. The molecular weight excluding hydrogens is 224 g/mol. The summed E-state index contributed by atoms with van der Waals surface area (Å²) in [5, 5.41) is 0. The number of amides is 1. The lowest BCUT2D eigenvalue weighted by Gasteiger charge is -2.27. The van der Waals surface area contributed by atoms with Crippen molar-refractivity contribution in [2.75, 3.05) is 14.1 Å². The van der Waals surface area contributed by atoms with E-state index in [0.29, 0.717) is 0 Å². The highest BCUT2D eigenvalue weighted by atomic mass is 32.3. The van der Waals surface area contributed by atoms with Crippen LogP contribution in [0.2, 0.25) is 0 Å². The molecule has 1 aliphatic heterocycles. The summed E-state index contributed by atoms with van der Waals surface area (Å²) in [6.45, 7) is 3.28. The molecule has 1 aliphatic rings. The van der Waals surface area contributed by atoms with E-state index in [2.05, 4.69) is 4.18 Å². The Kier molecular flexibility index (Phi) is 2.81. The summed E-state index contributed by atoms with van der Waals surface area (Å²) in [6.07, 6.45) is -1.11. The summed E-state index contributed by atoms with van der Waals surface area (Å²) < 4.78 is 34.1. The van der Waals surface area contributed by atoms with Gasteiger partial charge in [0.2, 0.25) is 12.3 Å². The second-order valence-electron chi connectivity index (χ2n) is 3.94. The lowest BCUT2D eigenvalue weighted by Crippen LogP contribution is -2.44. The van der Waals surface area contributed by atoms with Gasteiger partial charge in [0.25, 0.3) is 0 Å². The Hall–Kier alpha value is -0.700. The molecule has 1 N–H and O–H groups in total. The number of carbonyl (C=O) groups excluding carboxylic acids is 1. The fourth-order valence-corrected chi connectivity index (χ4v) is 1.93. The van der Waals surface area contributed by atoms with E-state index in [9.17, 15) is 13.2 Å². The molecule has 0 aromatic carbocycles. The molecular formula is C7H14N2O5S. The van der Waals surface area contributed by atoms with Gasteiger partial charge in [-0.25, -0.2) is 9.08 Å². The van der Waals surface area contributed by atoms with Crippen LogP contribution < -0.4 is 0 Å². The van der Waals surface area contributed by atoms with Gasteiger partial charge in [0, 0.05) is 7.05 Å². The van der Waals surface area contributed by atoms with Crippen LogP contribution in [0.1, 0.15) is 13.8 Å². The number of nitrogens with zero attached hydrogens (tertiary/aromatic N) is 2. The Morgan fingerprint density at radius 1 is 1.40 bits per heavy atom. The topological polar surface area (TPSA) is 87.2 Å². The first-order chi connectivity index (χ1) is 6.57. The lowest BCUT2D eigenvalue weighted by molar-refractivity contribution is -0.133. The zero-order chi connectivity index (χ0) is 12.0. The van der Waals surface area contributed by atoms with Gasteiger partial charge in [-0.2, -0.15) is 8.42 Å². The third-order valence-electron chi connectivity index (χ3n) is 2.60. The normalized spacial score (nSPS) is 27.4. The third-order valence-corrected chi connectivity index (χ3v) is 3.01. The van der Waals surface area contributed by atoms with E-state index in [0.717, 1.165) is 4.90 Å². The van der Waals surface area contributed by atoms with Crippen molar-refractivity contribution < 1.29 is 21.9 Å². The minimum absolute atomic E-state index is 0.279. The van der Waals surface area contributed by atoms with Gasteiger partial charge in [0.15, 0.2) is 0 Å². The van der Waals surface area contributed by atoms with Crippen LogP contribution in [0.4, 0.5) is 0 Å². The Morgan fingerprint density at radius 2 is 1.87 bits per heavy atom. The highest BCUT2D eigenvalue weighted by molar-refractivity contribution is 7.80. The summed E-state index contributed by atoms with van der Waals surface area (Å²) in [5.74, 6) is -0.279. The molecule has 1 rings (SSSR count). The van der Waals surface area contributed by atoms with Crippen LogP contribution in [-0.2, 0) is 19.4 Å². The van der Waals surface area contributed by atoms with Crippen LogP contribution >= 0.6 is 0 Å². The molecule has 1 heterocycles. The van der Waals surface area contributed by atoms with E-state index in [1.807, 2.05) is 0 Å². The quantitative estimate of drug-likeness (QED) is 0.638. The molecule has 1 amide bonds. The summed E-state index contributed by atoms with van der Waals surface area (Å²) in [7, 11) is -1.64. The molecule has 1 saturated heterocycles. The largest absolute Gasteiger partial charge is 0.400 e. The minimum atomic E-state index is -4.58. The summed E-state index contributed by atoms with van der Waals surface area (Å²) in [6, 6.07) is 0. The molecule has 0 spiro atoms. The van der Waals surface area contributed by atoms with E-state index >= 15 is 0 Å². The Morgan fingerprint density at radius 3 is 2.13 bits per heavy atom. The average molecular weight is 238 g/mol. The van der Waals surface area contributed by atoms with E-state index in [4.69, 9.17) is 4.55 Å². The van der Waals surface area contributed by atoms with Gasteiger partial charge < -0.3 is 4.90 Å². The highest BCUT2D eigenvalue weighted by Crippen LogP contribution is 2.28. The van der Waals surface area contributed by atoms with Crippen LogP contribution in [0.3, 0.4) is 0 Å². The zero-order valence-corrected chi connectivity index (χ0v) is 9.78. The Balaban J connectivity index is 2.99. The Bertz CT molecular complexity index is 377. The molecule has 0 aliphatic carbocycles. The fourth-order valence-electron chi connectivity index (χ4n) is 1.46. The molecule has 0 saturated carbocycles. The summed E-state index contributed by atoms with van der Waals surface area (Å²) in [5.41, 5.74) is -0.857. The van der Waals surface area contributed by atoms with Crippen LogP contribution in [0.15, 0.2) is 0 Å². The van der Waals surface area contributed by atoms with E-state index < -0.39 is 22.3 Å². The first kappa shape index (κ1) is 12.4. The van der Waals surface area contributed by atoms with Crippen molar-refractivity contribution >= 4 is 16.3 Å². The molecule has 0 aromatic heterocycles. The maximum atomic E-state index is 11.7. The highest BCUT2D eigenvalue weighted by Gasteiger charge is 2.50. The number of likely N-dealkylation sites (N-methyl/N-ethyl adjacent to an activating group) is 2. The number of carbonyl (C=O) groups is 1. The fraction of sp³-hybridized carbons (Fsp3) is 0.857. The molecule has 1 fully saturated rings. The number of hydrogen-bond acceptors (Lipinski definition) is 5. The molecule has 0 bridgehead atoms. The van der Waals surface area contributed by atoms with Crippen molar-refractivity contribution in [1.29, 1.82) is 0 Å². The summed E-state index contributed by atoms with van der Waals surface area (Å²) >= 11 is 0. The average Bonchev–Trinajstić information content (AvgIpc) is 2.18. The van der Waals surface area contributed by atoms with Crippen molar-refractivity contribution in [1.82, 2.24) is 9.80 Å². The van der Waals surface area contributed by atoms with Gasteiger partial charge >= 0.3 is 10.4 Å².